The van der Waals surface area contributed by atoms with E-state index in [1.54, 1.807) is 6.92 Å². The summed E-state index contributed by atoms with van der Waals surface area (Å²) < 4.78 is 0. The molecular formula is C11H11NO5. The number of ketones is 1. The molecule has 1 heterocycles. The lowest BCUT2D eigenvalue weighted by molar-refractivity contribution is -0.153. The Morgan fingerprint density at radius 1 is 1.35 bits per heavy atom. The molecule has 0 saturated carbocycles. The maximum atomic E-state index is 11.8. The van der Waals surface area contributed by atoms with Gasteiger partial charge in [0.2, 0.25) is 5.78 Å². The third-order valence-corrected chi connectivity index (χ3v) is 2.33. The summed E-state index contributed by atoms with van der Waals surface area (Å²) in [6, 6.07) is 0. The van der Waals surface area contributed by atoms with Crippen LogP contribution >= 0.6 is 0 Å². The van der Waals surface area contributed by atoms with E-state index >= 15 is 0 Å². The molecule has 0 fully saturated rings. The second kappa shape index (κ2) is 4.73. The van der Waals surface area contributed by atoms with Crippen molar-refractivity contribution in [2.24, 2.45) is 0 Å². The maximum Gasteiger partial charge on any atom is 0.323 e. The summed E-state index contributed by atoms with van der Waals surface area (Å²) >= 11 is 0. The Morgan fingerprint density at radius 3 is 2.41 bits per heavy atom. The molecule has 0 spiro atoms. The van der Waals surface area contributed by atoms with Gasteiger partial charge in [-0.3, -0.25) is 24.1 Å². The van der Waals surface area contributed by atoms with Crippen molar-refractivity contribution >= 4 is 23.6 Å². The third-order valence-electron chi connectivity index (χ3n) is 2.33. The van der Waals surface area contributed by atoms with Gasteiger partial charge in [-0.2, -0.15) is 0 Å². The molecule has 1 aliphatic rings. The van der Waals surface area contributed by atoms with Crippen molar-refractivity contribution < 1.29 is 24.3 Å². The summed E-state index contributed by atoms with van der Waals surface area (Å²) in [6.07, 6.45) is 1.40. The van der Waals surface area contributed by atoms with Gasteiger partial charge in [0.25, 0.3) is 5.91 Å². The molecule has 1 N–H and O–H groups in total. The van der Waals surface area contributed by atoms with Crippen molar-refractivity contribution in [1.82, 2.24) is 4.90 Å². The van der Waals surface area contributed by atoms with E-state index in [-0.39, 0.29) is 5.57 Å². The molecule has 0 radical (unpaired) electrons. The van der Waals surface area contributed by atoms with Crippen LogP contribution in [0.4, 0.5) is 0 Å². The molecule has 0 aromatic rings. The van der Waals surface area contributed by atoms with Gasteiger partial charge in [0, 0.05) is 5.57 Å². The van der Waals surface area contributed by atoms with E-state index in [2.05, 4.69) is 6.58 Å². The number of hydrogen-bond donors (Lipinski definition) is 1. The summed E-state index contributed by atoms with van der Waals surface area (Å²) in [5, 5.41) is 8.58. The molecule has 0 aromatic carbocycles. The van der Waals surface area contributed by atoms with Gasteiger partial charge in [-0.15, -0.1) is 0 Å². The van der Waals surface area contributed by atoms with E-state index < -0.39 is 30.1 Å². The van der Waals surface area contributed by atoms with Gasteiger partial charge < -0.3 is 5.11 Å². The standard InChI is InChI=1S/C11H11NO5/c1-3-7-4-8(13)11(17)12(5-9(14)15)10(16)6(7)2/h4H,2-3,5H2,1H3,(H,14,15). The Kier molecular flexibility index (Phi) is 3.57. The zero-order chi connectivity index (χ0) is 13.2. The molecule has 0 aromatic heterocycles. The smallest absolute Gasteiger partial charge is 0.323 e. The predicted octanol–water partition coefficient (Wildman–Crippen LogP) is -0.0985. The number of nitrogens with zero attached hydrogens (tertiary/aromatic N) is 1. The van der Waals surface area contributed by atoms with Gasteiger partial charge in [-0.25, -0.2) is 0 Å². The Hall–Kier alpha value is -2.24. The number of carbonyl (C=O) groups excluding carboxylic acids is 3. The summed E-state index contributed by atoms with van der Waals surface area (Å²) in [4.78, 5) is 45.6. The number of carboxylic acid groups (broad SMARTS) is 1. The highest BCUT2D eigenvalue weighted by molar-refractivity contribution is 6.45. The zero-order valence-electron chi connectivity index (χ0n) is 9.23. The molecule has 90 valence electrons. The molecule has 6 nitrogen and oxygen atoms in total. The minimum absolute atomic E-state index is 0.0204. The van der Waals surface area contributed by atoms with E-state index in [1.807, 2.05) is 0 Å². The van der Waals surface area contributed by atoms with Crippen molar-refractivity contribution in [3.63, 3.8) is 0 Å². The fraction of sp³-hybridized carbons (Fsp3) is 0.273. The highest BCUT2D eigenvalue weighted by Crippen LogP contribution is 2.18. The van der Waals surface area contributed by atoms with Gasteiger partial charge in [0.1, 0.15) is 6.54 Å². The third kappa shape index (κ3) is 2.47. The number of hydrogen-bond acceptors (Lipinski definition) is 4. The lowest BCUT2D eigenvalue weighted by Gasteiger charge is -2.16. The molecule has 1 aliphatic heterocycles. The summed E-state index contributed by atoms with van der Waals surface area (Å²) in [7, 11) is 0. The second-order valence-electron chi connectivity index (χ2n) is 3.46. The predicted molar refractivity (Wildman–Crippen MR) is 56.9 cm³/mol. The van der Waals surface area contributed by atoms with E-state index in [1.165, 1.54) is 0 Å². The fourth-order valence-electron chi connectivity index (χ4n) is 1.43. The zero-order valence-corrected chi connectivity index (χ0v) is 9.23. The fourth-order valence-corrected chi connectivity index (χ4v) is 1.43. The molecule has 0 unspecified atom stereocenters. The number of imide groups is 1. The first-order chi connectivity index (χ1) is 7.88. The lowest BCUT2D eigenvalue weighted by Crippen LogP contribution is -2.43. The van der Waals surface area contributed by atoms with Crippen LogP contribution in [0.3, 0.4) is 0 Å². The molecule has 0 bridgehead atoms. The summed E-state index contributed by atoms with van der Waals surface area (Å²) in [5.41, 5.74) is 0.328. The minimum atomic E-state index is -1.37. The number of carbonyl (C=O) groups is 4. The summed E-state index contributed by atoms with van der Waals surface area (Å²) in [5.74, 6) is -4.25. The van der Waals surface area contributed by atoms with Gasteiger partial charge in [0.05, 0.1) is 0 Å². The first-order valence-electron chi connectivity index (χ1n) is 4.90. The average Bonchev–Trinajstić information content (AvgIpc) is 2.34. The molecule has 0 atom stereocenters. The molecular weight excluding hydrogens is 226 g/mol. The largest absolute Gasteiger partial charge is 0.480 e. The number of carboxylic acids is 1. The Morgan fingerprint density at radius 2 is 1.94 bits per heavy atom. The molecule has 6 heteroatoms. The minimum Gasteiger partial charge on any atom is -0.480 e. The highest BCUT2D eigenvalue weighted by Gasteiger charge is 2.33. The SMILES string of the molecule is C=C1C(=O)N(CC(=O)O)C(=O)C(=O)C=C1CC. The van der Waals surface area contributed by atoms with Gasteiger partial charge in [0.15, 0.2) is 0 Å². The van der Waals surface area contributed by atoms with E-state index in [9.17, 15) is 19.2 Å². The normalized spacial score (nSPS) is 17.0. The van der Waals surface area contributed by atoms with Crippen molar-refractivity contribution in [1.29, 1.82) is 0 Å². The van der Waals surface area contributed by atoms with Crippen molar-refractivity contribution in [2.75, 3.05) is 6.54 Å². The highest BCUT2D eigenvalue weighted by atomic mass is 16.4. The van der Waals surface area contributed by atoms with Gasteiger partial charge in [-0.05, 0) is 18.1 Å². The van der Waals surface area contributed by atoms with Crippen LogP contribution in [0.25, 0.3) is 0 Å². The Balaban J connectivity index is 3.18. The quantitative estimate of drug-likeness (QED) is 0.420. The summed E-state index contributed by atoms with van der Waals surface area (Å²) in [6.45, 7) is 4.34. The van der Waals surface area contributed by atoms with Crippen molar-refractivity contribution in [2.45, 2.75) is 13.3 Å². The lowest BCUT2D eigenvalue weighted by atomic mass is 10.0. The molecule has 0 saturated heterocycles. The van der Waals surface area contributed by atoms with E-state index in [0.717, 1.165) is 6.08 Å². The second-order valence-corrected chi connectivity index (χ2v) is 3.46. The maximum absolute atomic E-state index is 11.8. The number of amides is 2. The molecule has 0 aliphatic carbocycles. The first kappa shape index (κ1) is 12.8. The van der Waals surface area contributed by atoms with E-state index in [0.29, 0.717) is 16.9 Å². The molecule has 1 rings (SSSR count). The van der Waals surface area contributed by atoms with Crippen molar-refractivity contribution in [3.05, 3.63) is 23.8 Å². The van der Waals surface area contributed by atoms with Gasteiger partial charge >= 0.3 is 11.9 Å². The first-order valence-corrected chi connectivity index (χ1v) is 4.90. The van der Waals surface area contributed by atoms with Gasteiger partial charge in [-0.1, -0.05) is 13.5 Å². The van der Waals surface area contributed by atoms with Crippen LogP contribution in [0.2, 0.25) is 0 Å². The van der Waals surface area contributed by atoms with Crippen LogP contribution in [0.1, 0.15) is 13.3 Å². The topological polar surface area (TPSA) is 91.8 Å². The van der Waals surface area contributed by atoms with Crippen LogP contribution in [0.5, 0.6) is 0 Å². The Labute approximate surface area is 97.2 Å². The molecule has 17 heavy (non-hydrogen) atoms. The average molecular weight is 237 g/mol. The number of aliphatic carboxylic acids is 1. The van der Waals surface area contributed by atoms with Crippen molar-refractivity contribution in [3.8, 4) is 0 Å². The van der Waals surface area contributed by atoms with Crippen LogP contribution in [-0.2, 0) is 19.2 Å². The monoisotopic (exact) mass is 237 g/mol. The van der Waals surface area contributed by atoms with Crippen LogP contribution < -0.4 is 0 Å². The van der Waals surface area contributed by atoms with Crippen LogP contribution in [-0.4, -0.2) is 40.1 Å². The molecule has 2 amide bonds. The Bertz CT molecular complexity index is 460. The number of rotatable bonds is 3. The van der Waals surface area contributed by atoms with Crippen LogP contribution in [0.15, 0.2) is 23.8 Å². The van der Waals surface area contributed by atoms with Crippen LogP contribution in [0, 0.1) is 0 Å². The van der Waals surface area contributed by atoms with E-state index in [4.69, 9.17) is 5.11 Å².